The van der Waals surface area contributed by atoms with Crippen molar-refractivity contribution in [2.24, 2.45) is 4.99 Å². The Morgan fingerprint density at radius 3 is 2.86 bits per heavy atom. The Morgan fingerprint density at radius 1 is 1.32 bits per heavy atom. The van der Waals surface area contributed by atoms with Gasteiger partial charge in [0.05, 0.1) is 12.9 Å². The first-order valence-electron chi connectivity index (χ1n) is 7.31. The number of aromatic nitrogens is 2. The van der Waals surface area contributed by atoms with E-state index in [0.717, 1.165) is 25.6 Å². The van der Waals surface area contributed by atoms with Gasteiger partial charge >= 0.3 is 0 Å². The Bertz CT molecular complexity index is 566. The van der Waals surface area contributed by atoms with Crippen molar-refractivity contribution >= 4 is 29.9 Å². The van der Waals surface area contributed by atoms with Gasteiger partial charge in [-0.1, -0.05) is 29.8 Å². The predicted molar refractivity (Wildman–Crippen MR) is 102 cm³/mol. The van der Waals surface area contributed by atoms with Gasteiger partial charge in [-0.25, -0.2) is 9.98 Å². The Balaban J connectivity index is 0.00000242. The molecule has 2 N–H and O–H groups in total. The maximum Gasteiger partial charge on any atom is 0.191 e. The van der Waals surface area contributed by atoms with Gasteiger partial charge in [0.25, 0.3) is 0 Å². The van der Waals surface area contributed by atoms with Crippen molar-refractivity contribution in [3.05, 3.63) is 54.1 Å². The summed E-state index contributed by atoms with van der Waals surface area (Å²) < 4.78 is 2.04. The Morgan fingerprint density at radius 2 is 2.18 bits per heavy atom. The zero-order valence-electron chi connectivity index (χ0n) is 13.1. The summed E-state index contributed by atoms with van der Waals surface area (Å²) in [4.78, 5) is 8.64. The monoisotopic (exact) mass is 413 g/mol. The molecule has 0 aliphatic heterocycles. The number of nitrogens with one attached hydrogen (secondary N) is 2. The zero-order chi connectivity index (χ0) is 14.9. The topological polar surface area (TPSA) is 54.2 Å². The summed E-state index contributed by atoms with van der Waals surface area (Å²) in [6.07, 6.45) is 5.56. The maximum atomic E-state index is 4.61. The summed E-state index contributed by atoms with van der Waals surface area (Å²) in [5.74, 6) is 0.846. The lowest BCUT2D eigenvalue weighted by Gasteiger charge is -2.11. The molecule has 0 aliphatic rings. The third-order valence-electron chi connectivity index (χ3n) is 3.07. The van der Waals surface area contributed by atoms with Crippen LogP contribution in [0.25, 0.3) is 0 Å². The molecule has 22 heavy (non-hydrogen) atoms. The first-order valence-corrected chi connectivity index (χ1v) is 7.31. The van der Waals surface area contributed by atoms with Gasteiger partial charge in [-0.05, 0) is 19.4 Å². The van der Waals surface area contributed by atoms with Crippen LogP contribution in [0.4, 0.5) is 0 Å². The van der Waals surface area contributed by atoms with Crippen LogP contribution in [-0.2, 0) is 13.1 Å². The number of guanidine groups is 1. The third kappa shape index (κ3) is 6.46. The number of rotatable bonds is 6. The van der Waals surface area contributed by atoms with Crippen molar-refractivity contribution in [3.63, 3.8) is 0 Å². The van der Waals surface area contributed by atoms with Gasteiger partial charge in [0, 0.05) is 32.0 Å². The SMILES string of the molecule is CCNC(=NCc1cccc(C)c1)NCCn1ccnc1.I. The molecule has 0 bridgehead atoms. The van der Waals surface area contributed by atoms with E-state index < -0.39 is 0 Å². The fourth-order valence-corrected chi connectivity index (χ4v) is 2.04. The van der Waals surface area contributed by atoms with Crippen LogP contribution in [0, 0.1) is 6.92 Å². The molecular weight excluding hydrogens is 389 g/mol. The second-order valence-electron chi connectivity index (χ2n) is 4.91. The number of hydrogen-bond acceptors (Lipinski definition) is 2. The van der Waals surface area contributed by atoms with E-state index in [1.165, 1.54) is 11.1 Å². The summed E-state index contributed by atoms with van der Waals surface area (Å²) in [7, 11) is 0. The number of aliphatic imine (C=N–C) groups is 1. The van der Waals surface area contributed by atoms with E-state index in [-0.39, 0.29) is 24.0 Å². The molecule has 0 spiro atoms. The second-order valence-corrected chi connectivity index (χ2v) is 4.91. The highest BCUT2D eigenvalue weighted by Crippen LogP contribution is 2.04. The smallest absolute Gasteiger partial charge is 0.191 e. The summed E-state index contributed by atoms with van der Waals surface area (Å²) >= 11 is 0. The fraction of sp³-hybridized carbons (Fsp3) is 0.375. The lowest BCUT2D eigenvalue weighted by molar-refractivity contribution is 0.662. The molecule has 1 aromatic heterocycles. The average Bonchev–Trinajstić information content (AvgIpc) is 2.98. The van der Waals surface area contributed by atoms with E-state index in [0.29, 0.717) is 6.54 Å². The Labute approximate surface area is 149 Å². The molecule has 6 heteroatoms. The van der Waals surface area contributed by atoms with Gasteiger partial charge in [0.2, 0.25) is 0 Å². The van der Waals surface area contributed by atoms with E-state index in [2.05, 4.69) is 58.7 Å². The molecular formula is C16H24IN5. The quantitative estimate of drug-likeness (QED) is 0.435. The normalized spacial score (nSPS) is 10.9. The van der Waals surface area contributed by atoms with Crippen LogP contribution < -0.4 is 10.6 Å². The molecule has 0 amide bonds. The van der Waals surface area contributed by atoms with E-state index in [1.54, 1.807) is 6.20 Å². The number of benzene rings is 1. The third-order valence-corrected chi connectivity index (χ3v) is 3.07. The minimum absolute atomic E-state index is 0. The van der Waals surface area contributed by atoms with Crippen LogP contribution in [0.1, 0.15) is 18.1 Å². The lowest BCUT2D eigenvalue weighted by Crippen LogP contribution is -2.38. The van der Waals surface area contributed by atoms with Gasteiger partial charge in [-0.2, -0.15) is 0 Å². The van der Waals surface area contributed by atoms with E-state index in [4.69, 9.17) is 0 Å². The van der Waals surface area contributed by atoms with Gasteiger partial charge in [-0.3, -0.25) is 0 Å². The van der Waals surface area contributed by atoms with Crippen molar-refractivity contribution in [2.45, 2.75) is 26.9 Å². The number of imidazole rings is 1. The molecule has 2 rings (SSSR count). The highest BCUT2D eigenvalue weighted by atomic mass is 127. The van der Waals surface area contributed by atoms with Crippen molar-refractivity contribution in [1.29, 1.82) is 0 Å². The highest BCUT2D eigenvalue weighted by molar-refractivity contribution is 14.0. The second kappa shape index (κ2) is 10.2. The molecule has 0 aliphatic carbocycles. The minimum Gasteiger partial charge on any atom is -0.357 e. The van der Waals surface area contributed by atoms with Crippen LogP contribution in [0.5, 0.6) is 0 Å². The van der Waals surface area contributed by atoms with Crippen molar-refractivity contribution in [1.82, 2.24) is 20.2 Å². The first kappa shape index (κ1) is 18.5. The molecule has 0 saturated carbocycles. The summed E-state index contributed by atoms with van der Waals surface area (Å²) in [5.41, 5.74) is 2.49. The molecule has 0 fully saturated rings. The fourth-order valence-electron chi connectivity index (χ4n) is 2.04. The van der Waals surface area contributed by atoms with Gasteiger partial charge in [0.1, 0.15) is 0 Å². The molecule has 1 heterocycles. The molecule has 0 saturated heterocycles. The van der Waals surface area contributed by atoms with E-state index in [1.807, 2.05) is 17.1 Å². The molecule has 2 aromatic rings. The Hall–Kier alpha value is -1.57. The molecule has 0 unspecified atom stereocenters. The molecule has 5 nitrogen and oxygen atoms in total. The summed E-state index contributed by atoms with van der Waals surface area (Å²) in [6, 6.07) is 8.44. The largest absolute Gasteiger partial charge is 0.357 e. The number of halogens is 1. The first-order chi connectivity index (χ1) is 10.3. The van der Waals surface area contributed by atoms with E-state index in [9.17, 15) is 0 Å². The molecule has 0 radical (unpaired) electrons. The number of hydrogen-bond donors (Lipinski definition) is 2. The Kier molecular flexibility index (Phi) is 8.57. The van der Waals surface area contributed by atoms with E-state index >= 15 is 0 Å². The van der Waals surface area contributed by atoms with Crippen molar-refractivity contribution < 1.29 is 0 Å². The van der Waals surface area contributed by atoms with Gasteiger partial charge < -0.3 is 15.2 Å². The predicted octanol–water partition coefficient (Wildman–Crippen LogP) is 2.56. The molecule has 120 valence electrons. The standard InChI is InChI=1S/C16H23N5.HI/c1-3-18-16(19-8-10-21-9-7-17-13-21)20-12-15-6-4-5-14(2)11-15;/h4-7,9,11,13H,3,8,10,12H2,1-2H3,(H2,18,19,20);1H. The van der Waals surface area contributed by atoms with Crippen LogP contribution in [0.2, 0.25) is 0 Å². The number of aryl methyl sites for hydroxylation is 1. The van der Waals surface area contributed by atoms with Crippen LogP contribution in [0.3, 0.4) is 0 Å². The maximum absolute atomic E-state index is 4.61. The number of nitrogens with zero attached hydrogens (tertiary/aromatic N) is 3. The summed E-state index contributed by atoms with van der Waals surface area (Å²) in [6.45, 7) is 7.39. The lowest BCUT2D eigenvalue weighted by atomic mass is 10.1. The minimum atomic E-state index is 0. The van der Waals surface area contributed by atoms with Crippen LogP contribution >= 0.6 is 24.0 Å². The van der Waals surface area contributed by atoms with Gasteiger partial charge in [-0.15, -0.1) is 24.0 Å². The van der Waals surface area contributed by atoms with Crippen molar-refractivity contribution in [3.8, 4) is 0 Å². The van der Waals surface area contributed by atoms with Crippen LogP contribution in [-0.4, -0.2) is 28.6 Å². The summed E-state index contributed by atoms with van der Waals surface area (Å²) in [5, 5.41) is 6.60. The zero-order valence-corrected chi connectivity index (χ0v) is 15.5. The van der Waals surface area contributed by atoms with Crippen molar-refractivity contribution in [2.75, 3.05) is 13.1 Å². The molecule has 0 atom stereocenters. The highest BCUT2D eigenvalue weighted by Gasteiger charge is 1.98. The van der Waals surface area contributed by atoms with Crippen LogP contribution in [0.15, 0.2) is 48.0 Å². The molecule has 1 aromatic carbocycles. The van der Waals surface area contributed by atoms with Gasteiger partial charge in [0.15, 0.2) is 5.96 Å². The average molecular weight is 413 g/mol.